The Labute approximate surface area is 124 Å². The lowest BCUT2D eigenvalue weighted by Crippen LogP contribution is -2.42. The zero-order valence-corrected chi connectivity index (χ0v) is 12.5. The Kier molecular flexibility index (Phi) is 4.37. The van der Waals surface area contributed by atoms with Crippen LogP contribution in [0, 0.1) is 0 Å². The first-order valence-electron chi connectivity index (χ1n) is 6.88. The number of likely N-dealkylation sites (N-methyl/N-ethyl adjacent to an activating group) is 1. The molecule has 6 nitrogen and oxygen atoms in total. The van der Waals surface area contributed by atoms with Gasteiger partial charge in [0, 0.05) is 31.7 Å². The average Bonchev–Trinajstić information content (AvgIpc) is 2.97. The smallest absolute Gasteiger partial charge is 0.272 e. The van der Waals surface area contributed by atoms with Crippen LogP contribution >= 0.6 is 0 Å². The molecule has 0 bridgehead atoms. The number of pyridine rings is 1. The van der Waals surface area contributed by atoms with Crippen LogP contribution in [-0.2, 0) is 0 Å². The van der Waals surface area contributed by atoms with E-state index >= 15 is 0 Å². The van der Waals surface area contributed by atoms with Gasteiger partial charge in [-0.3, -0.25) is 9.78 Å². The van der Waals surface area contributed by atoms with Gasteiger partial charge in [0.25, 0.3) is 5.91 Å². The Morgan fingerprint density at radius 3 is 2.76 bits per heavy atom. The molecular formula is C15H20N4O2. The van der Waals surface area contributed by atoms with Gasteiger partial charge in [0.05, 0.1) is 11.3 Å². The molecule has 0 spiro atoms. The maximum atomic E-state index is 12.5. The van der Waals surface area contributed by atoms with Crippen molar-refractivity contribution >= 4 is 5.91 Å². The van der Waals surface area contributed by atoms with E-state index in [0.29, 0.717) is 12.2 Å². The predicted octanol–water partition coefficient (Wildman–Crippen LogP) is 1.50. The summed E-state index contributed by atoms with van der Waals surface area (Å²) >= 11 is 0. The number of nitrogens with zero attached hydrogens (tertiary/aromatic N) is 4. The molecule has 0 saturated heterocycles. The van der Waals surface area contributed by atoms with Crippen molar-refractivity contribution < 1.29 is 9.90 Å². The molecule has 2 aromatic rings. The van der Waals surface area contributed by atoms with Crippen LogP contribution in [0.5, 0.6) is 0 Å². The maximum Gasteiger partial charge on any atom is 0.272 e. The summed E-state index contributed by atoms with van der Waals surface area (Å²) in [6.45, 7) is 6.00. The molecule has 0 atom stereocenters. The van der Waals surface area contributed by atoms with E-state index in [2.05, 4.69) is 10.1 Å². The summed E-state index contributed by atoms with van der Waals surface area (Å²) in [5.74, 6) is -0.200. The lowest BCUT2D eigenvalue weighted by Gasteiger charge is -2.27. The van der Waals surface area contributed by atoms with Gasteiger partial charge in [0.1, 0.15) is 5.69 Å². The molecule has 1 amide bonds. The third kappa shape index (κ3) is 3.88. The molecule has 0 aliphatic carbocycles. The number of amides is 1. The Balaban J connectivity index is 2.24. The number of carbonyl (C=O) groups excluding carboxylic acids is 1. The van der Waals surface area contributed by atoms with Gasteiger partial charge in [-0.1, -0.05) is 0 Å². The van der Waals surface area contributed by atoms with Crippen LogP contribution in [0.25, 0.3) is 5.69 Å². The molecule has 0 saturated carbocycles. The van der Waals surface area contributed by atoms with Gasteiger partial charge >= 0.3 is 0 Å². The second kappa shape index (κ2) is 6.05. The van der Waals surface area contributed by atoms with Crippen molar-refractivity contribution in [2.24, 2.45) is 0 Å². The molecule has 6 heteroatoms. The fourth-order valence-corrected chi connectivity index (χ4v) is 2.06. The predicted molar refractivity (Wildman–Crippen MR) is 79.2 cm³/mol. The summed E-state index contributed by atoms with van der Waals surface area (Å²) < 4.78 is 1.67. The highest BCUT2D eigenvalue weighted by atomic mass is 16.3. The standard InChI is InChI=1S/C15H20N4O2/c1-4-18(11-15(2,3)21)14(20)13-10-12(6-8-16-13)19-9-5-7-17-19/h5-10,21H,4,11H2,1-3H3. The molecule has 0 unspecified atom stereocenters. The van der Waals surface area contributed by atoms with Crippen LogP contribution in [0.3, 0.4) is 0 Å². The molecule has 0 aliphatic rings. The molecular weight excluding hydrogens is 268 g/mol. The van der Waals surface area contributed by atoms with Gasteiger partial charge in [0.2, 0.25) is 0 Å². The van der Waals surface area contributed by atoms with Crippen LogP contribution in [0.1, 0.15) is 31.3 Å². The van der Waals surface area contributed by atoms with E-state index in [-0.39, 0.29) is 12.5 Å². The van der Waals surface area contributed by atoms with Gasteiger partial charge in [0.15, 0.2) is 0 Å². The van der Waals surface area contributed by atoms with Gasteiger partial charge < -0.3 is 10.0 Å². The third-order valence-electron chi connectivity index (χ3n) is 2.98. The van der Waals surface area contributed by atoms with E-state index in [0.717, 1.165) is 5.69 Å². The van der Waals surface area contributed by atoms with Crippen LogP contribution < -0.4 is 0 Å². The van der Waals surface area contributed by atoms with Crippen molar-refractivity contribution in [3.8, 4) is 5.69 Å². The minimum atomic E-state index is -0.939. The topological polar surface area (TPSA) is 71.2 Å². The minimum Gasteiger partial charge on any atom is -0.389 e. The summed E-state index contributed by atoms with van der Waals surface area (Å²) in [5.41, 5.74) is 0.178. The van der Waals surface area contributed by atoms with E-state index in [1.807, 2.05) is 13.0 Å². The first-order chi connectivity index (χ1) is 9.90. The molecule has 0 aliphatic heterocycles. The molecule has 0 radical (unpaired) electrons. The van der Waals surface area contributed by atoms with E-state index < -0.39 is 5.60 Å². The second-order valence-corrected chi connectivity index (χ2v) is 5.48. The highest BCUT2D eigenvalue weighted by Gasteiger charge is 2.23. The zero-order valence-electron chi connectivity index (χ0n) is 12.5. The van der Waals surface area contributed by atoms with E-state index in [1.165, 1.54) is 0 Å². The largest absolute Gasteiger partial charge is 0.389 e. The zero-order chi connectivity index (χ0) is 15.5. The van der Waals surface area contributed by atoms with Crippen molar-refractivity contribution in [1.29, 1.82) is 0 Å². The Morgan fingerprint density at radius 1 is 1.43 bits per heavy atom. The summed E-state index contributed by atoms with van der Waals surface area (Å²) in [4.78, 5) is 18.2. The maximum absolute atomic E-state index is 12.5. The van der Waals surface area contributed by atoms with Crippen molar-refractivity contribution in [3.05, 3.63) is 42.5 Å². The van der Waals surface area contributed by atoms with Gasteiger partial charge in [-0.05, 0) is 39.0 Å². The van der Waals surface area contributed by atoms with Crippen molar-refractivity contribution in [2.45, 2.75) is 26.4 Å². The first kappa shape index (κ1) is 15.2. The van der Waals surface area contributed by atoms with Crippen LogP contribution in [-0.4, -0.2) is 49.4 Å². The van der Waals surface area contributed by atoms with Gasteiger partial charge in [-0.2, -0.15) is 5.10 Å². The fraction of sp³-hybridized carbons (Fsp3) is 0.400. The summed E-state index contributed by atoms with van der Waals surface area (Å²) in [6, 6.07) is 5.30. The molecule has 2 rings (SSSR count). The Morgan fingerprint density at radius 2 is 2.19 bits per heavy atom. The van der Waals surface area contributed by atoms with Gasteiger partial charge in [-0.15, -0.1) is 0 Å². The molecule has 0 fully saturated rings. The number of aromatic nitrogens is 3. The second-order valence-electron chi connectivity index (χ2n) is 5.48. The summed E-state index contributed by atoms with van der Waals surface area (Å²) in [6.07, 6.45) is 5.06. The first-order valence-corrected chi connectivity index (χ1v) is 6.88. The van der Waals surface area contributed by atoms with Crippen LogP contribution in [0.15, 0.2) is 36.8 Å². The lowest BCUT2D eigenvalue weighted by molar-refractivity contribution is 0.0311. The fourth-order valence-electron chi connectivity index (χ4n) is 2.06. The quantitative estimate of drug-likeness (QED) is 0.905. The van der Waals surface area contributed by atoms with Crippen molar-refractivity contribution in [1.82, 2.24) is 19.7 Å². The molecule has 0 aromatic carbocycles. The highest BCUT2D eigenvalue weighted by Crippen LogP contribution is 2.12. The SMILES string of the molecule is CCN(CC(C)(C)O)C(=O)c1cc(-n2cccn2)ccn1. The van der Waals surface area contributed by atoms with Crippen molar-refractivity contribution in [2.75, 3.05) is 13.1 Å². The summed E-state index contributed by atoms with van der Waals surface area (Å²) in [5, 5.41) is 14.0. The molecule has 1 N–H and O–H groups in total. The van der Waals surface area contributed by atoms with E-state index in [4.69, 9.17) is 0 Å². The Hall–Kier alpha value is -2.21. The lowest BCUT2D eigenvalue weighted by atomic mass is 10.1. The van der Waals surface area contributed by atoms with Crippen molar-refractivity contribution in [3.63, 3.8) is 0 Å². The number of rotatable bonds is 5. The number of hydrogen-bond acceptors (Lipinski definition) is 4. The molecule has 112 valence electrons. The molecule has 21 heavy (non-hydrogen) atoms. The Bertz CT molecular complexity index is 602. The number of aliphatic hydroxyl groups is 1. The molecule has 2 heterocycles. The monoisotopic (exact) mass is 288 g/mol. The number of hydrogen-bond donors (Lipinski definition) is 1. The summed E-state index contributed by atoms with van der Waals surface area (Å²) in [7, 11) is 0. The van der Waals surface area contributed by atoms with Crippen LogP contribution in [0.4, 0.5) is 0 Å². The van der Waals surface area contributed by atoms with Crippen LogP contribution in [0.2, 0.25) is 0 Å². The van der Waals surface area contributed by atoms with Gasteiger partial charge in [-0.25, -0.2) is 4.68 Å². The normalized spacial score (nSPS) is 11.4. The molecule has 2 aromatic heterocycles. The van der Waals surface area contributed by atoms with E-state index in [9.17, 15) is 9.90 Å². The average molecular weight is 288 g/mol. The highest BCUT2D eigenvalue weighted by molar-refractivity contribution is 5.92. The minimum absolute atomic E-state index is 0.200. The number of carbonyl (C=O) groups is 1. The third-order valence-corrected chi connectivity index (χ3v) is 2.98. The van der Waals surface area contributed by atoms with E-state index in [1.54, 1.807) is 54.2 Å².